The predicted molar refractivity (Wildman–Crippen MR) is 67.1 cm³/mol. The van der Waals surface area contributed by atoms with E-state index in [1.807, 2.05) is 0 Å². The largest absolute Gasteiger partial charge is 0.310 e. The van der Waals surface area contributed by atoms with Gasteiger partial charge in [0.2, 0.25) is 0 Å². The Morgan fingerprint density at radius 2 is 1.67 bits per heavy atom. The zero-order chi connectivity index (χ0) is 11.3. The summed E-state index contributed by atoms with van der Waals surface area (Å²) in [6.07, 6.45) is 1.18. The molecule has 0 bridgehead atoms. The van der Waals surface area contributed by atoms with Gasteiger partial charge in [-0.1, -0.05) is 45.0 Å². The summed E-state index contributed by atoms with van der Waals surface area (Å²) in [6, 6.07) is 9.45. The summed E-state index contributed by atoms with van der Waals surface area (Å²) in [7, 11) is 0. The lowest BCUT2D eigenvalue weighted by Gasteiger charge is -2.13. The van der Waals surface area contributed by atoms with Crippen LogP contribution in [0, 0.1) is 5.92 Å². The molecule has 0 spiro atoms. The monoisotopic (exact) mass is 205 g/mol. The molecule has 0 aliphatic heterocycles. The molecule has 1 aromatic rings. The summed E-state index contributed by atoms with van der Waals surface area (Å²) in [4.78, 5) is 0. The van der Waals surface area contributed by atoms with Crippen molar-refractivity contribution in [3.05, 3.63) is 35.4 Å². The van der Waals surface area contributed by atoms with Gasteiger partial charge in [-0.05, 0) is 36.9 Å². The summed E-state index contributed by atoms with van der Waals surface area (Å²) in [5.74, 6) is 0.738. The van der Waals surface area contributed by atoms with E-state index in [1.165, 1.54) is 17.5 Å². The van der Waals surface area contributed by atoms with Gasteiger partial charge in [0.25, 0.3) is 0 Å². The van der Waals surface area contributed by atoms with Crippen LogP contribution >= 0.6 is 0 Å². The van der Waals surface area contributed by atoms with E-state index in [0.717, 1.165) is 12.5 Å². The molecular weight excluding hydrogens is 182 g/mol. The van der Waals surface area contributed by atoms with Crippen molar-refractivity contribution in [1.82, 2.24) is 5.32 Å². The van der Waals surface area contributed by atoms with Gasteiger partial charge in [-0.25, -0.2) is 0 Å². The number of rotatable bonds is 5. The number of hydrogen-bond donors (Lipinski definition) is 1. The Balaban J connectivity index is 2.63. The van der Waals surface area contributed by atoms with E-state index in [0.29, 0.717) is 6.04 Å². The highest BCUT2D eigenvalue weighted by Gasteiger charge is 2.03. The van der Waals surface area contributed by atoms with Crippen molar-refractivity contribution in [2.24, 2.45) is 5.92 Å². The Bertz CT molecular complexity index is 274. The summed E-state index contributed by atoms with van der Waals surface area (Å²) >= 11 is 0. The van der Waals surface area contributed by atoms with Crippen molar-refractivity contribution >= 4 is 0 Å². The lowest BCUT2D eigenvalue weighted by molar-refractivity contribution is 0.597. The molecule has 84 valence electrons. The summed E-state index contributed by atoms with van der Waals surface area (Å²) in [6.45, 7) is 9.89. The Kier molecular flexibility index (Phi) is 4.83. The van der Waals surface area contributed by atoms with Gasteiger partial charge in [-0.3, -0.25) is 0 Å². The zero-order valence-corrected chi connectivity index (χ0v) is 10.4. The minimum Gasteiger partial charge on any atom is -0.310 e. The topological polar surface area (TPSA) is 12.0 Å². The molecule has 0 saturated heterocycles. The van der Waals surface area contributed by atoms with Crippen molar-refractivity contribution in [3.8, 4) is 0 Å². The Morgan fingerprint density at radius 1 is 1.07 bits per heavy atom. The molecule has 0 fully saturated rings. The van der Waals surface area contributed by atoms with Crippen LogP contribution in [0.1, 0.15) is 44.9 Å². The van der Waals surface area contributed by atoms with Gasteiger partial charge in [-0.2, -0.15) is 0 Å². The van der Waals surface area contributed by atoms with E-state index in [1.54, 1.807) is 0 Å². The van der Waals surface area contributed by atoms with Crippen LogP contribution in [-0.2, 0) is 6.42 Å². The first-order chi connectivity index (χ1) is 7.13. The average molecular weight is 205 g/mol. The molecule has 0 aliphatic rings. The molecule has 1 atom stereocenters. The fourth-order valence-corrected chi connectivity index (χ4v) is 1.84. The third-order valence-electron chi connectivity index (χ3n) is 2.63. The van der Waals surface area contributed by atoms with Crippen LogP contribution in [0.4, 0.5) is 0 Å². The molecule has 1 rings (SSSR count). The minimum atomic E-state index is 0.461. The average Bonchev–Trinajstić information content (AvgIpc) is 2.18. The Labute approximate surface area is 93.9 Å². The highest BCUT2D eigenvalue weighted by Crippen LogP contribution is 2.15. The first-order valence-corrected chi connectivity index (χ1v) is 5.95. The standard InChI is InChI=1S/C14H23N/c1-5-15-12(4)14-8-6-13(7-9-14)10-11(2)3/h6-9,11-12,15H,5,10H2,1-4H3. The minimum absolute atomic E-state index is 0.461. The van der Waals surface area contributed by atoms with Gasteiger partial charge in [0.15, 0.2) is 0 Å². The smallest absolute Gasteiger partial charge is 0.0291 e. The molecular formula is C14H23N. The Hall–Kier alpha value is -0.820. The predicted octanol–water partition coefficient (Wildman–Crippen LogP) is 3.56. The van der Waals surface area contributed by atoms with Crippen LogP contribution < -0.4 is 5.32 Å². The van der Waals surface area contributed by atoms with E-state index in [-0.39, 0.29) is 0 Å². The molecule has 0 heterocycles. The van der Waals surface area contributed by atoms with E-state index in [9.17, 15) is 0 Å². The van der Waals surface area contributed by atoms with Crippen molar-refractivity contribution in [3.63, 3.8) is 0 Å². The molecule has 15 heavy (non-hydrogen) atoms. The highest BCUT2D eigenvalue weighted by molar-refractivity contribution is 5.24. The summed E-state index contributed by atoms with van der Waals surface area (Å²) in [5, 5.41) is 3.42. The first-order valence-electron chi connectivity index (χ1n) is 5.95. The molecule has 1 N–H and O–H groups in total. The van der Waals surface area contributed by atoms with Crippen LogP contribution in [0.2, 0.25) is 0 Å². The van der Waals surface area contributed by atoms with E-state index in [4.69, 9.17) is 0 Å². The van der Waals surface area contributed by atoms with Gasteiger partial charge in [-0.15, -0.1) is 0 Å². The molecule has 0 aromatic heterocycles. The van der Waals surface area contributed by atoms with Crippen molar-refractivity contribution in [2.45, 2.75) is 40.2 Å². The second-order valence-electron chi connectivity index (χ2n) is 4.62. The molecule has 0 radical (unpaired) electrons. The molecule has 0 aliphatic carbocycles. The molecule has 1 nitrogen and oxygen atoms in total. The summed E-state index contributed by atoms with van der Waals surface area (Å²) < 4.78 is 0. The SMILES string of the molecule is CCNC(C)c1ccc(CC(C)C)cc1. The van der Waals surface area contributed by atoms with Crippen LogP contribution in [0.3, 0.4) is 0 Å². The fraction of sp³-hybridized carbons (Fsp3) is 0.571. The van der Waals surface area contributed by atoms with Gasteiger partial charge in [0.1, 0.15) is 0 Å². The highest BCUT2D eigenvalue weighted by atomic mass is 14.9. The van der Waals surface area contributed by atoms with Crippen LogP contribution in [0.5, 0.6) is 0 Å². The second kappa shape index (κ2) is 5.92. The summed E-state index contributed by atoms with van der Waals surface area (Å²) in [5.41, 5.74) is 2.82. The van der Waals surface area contributed by atoms with Gasteiger partial charge < -0.3 is 5.32 Å². The van der Waals surface area contributed by atoms with Crippen molar-refractivity contribution in [2.75, 3.05) is 6.54 Å². The van der Waals surface area contributed by atoms with Gasteiger partial charge in [0, 0.05) is 6.04 Å². The van der Waals surface area contributed by atoms with Crippen molar-refractivity contribution in [1.29, 1.82) is 0 Å². The number of hydrogen-bond acceptors (Lipinski definition) is 1. The molecule has 1 aromatic carbocycles. The van der Waals surface area contributed by atoms with Crippen LogP contribution in [0.25, 0.3) is 0 Å². The van der Waals surface area contributed by atoms with Gasteiger partial charge >= 0.3 is 0 Å². The normalized spacial score (nSPS) is 13.1. The lowest BCUT2D eigenvalue weighted by atomic mass is 10.00. The molecule has 1 heteroatoms. The third-order valence-corrected chi connectivity index (χ3v) is 2.63. The second-order valence-corrected chi connectivity index (χ2v) is 4.62. The van der Waals surface area contributed by atoms with Crippen LogP contribution in [-0.4, -0.2) is 6.54 Å². The lowest BCUT2D eigenvalue weighted by Crippen LogP contribution is -2.17. The quantitative estimate of drug-likeness (QED) is 0.775. The van der Waals surface area contributed by atoms with Crippen molar-refractivity contribution < 1.29 is 0 Å². The van der Waals surface area contributed by atoms with E-state index in [2.05, 4.69) is 57.3 Å². The van der Waals surface area contributed by atoms with E-state index < -0.39 is 0 Å². The molecule has 1 unspecified atom stereocenters. The number of benzene rings is 1. The number of nitrogens with one attached hydrogen (secondary N) is 1. The molecule has 0 saturated carbocycles. The van der Waals surface area contributed by atoms with Crippen LogP contribution in [0.15, 0.2) is 24.3 Å². The maximum atomic E-state index is 3.42. The molecule has 0 amide bonds. The maximum absolute atomic E-state index is 3.42. The maximum Gasteiger partial charge on any atom is 0.0291 e. The van der Waals surface area contributed by atoms with E-state index >= 15 is 0 Å². The third kappa shape index (κ3) is 4.05. The Morgan fingerprint density at radius 3 is 2.13 bits per heavy atom. The first kappa shape index (κ1) is 12.3. The fourth-order valence-electron chi connectivity index (χ4n) is 1.84. The zero-order valence-electron chi connectivity index (χ0n) is 10.4. The van der Waals surface area contributed by atoms with Gasteiger partial charge in [0.05, 0.1) is 0 Å².